The van der Waals surface area contributed by atoms with E-state index in [1.165, 1.54) is 22.2 Å². The maximum absolute atomic E-state index is 12.0. The number of carbonyl (C=O) groups is 1. The highest BCUT2D eigenvalue weighted by Crippen LogP contribution is 2.25. The van der Waals surface area contributed by atoms with Crippen LogP contribution in [0.1, 0.15) is 11.3 Å². The number of benzene rings is 1. The second kappa shape index (κ2) is 5.75. The Morgan fingerprint density at radius 2 is 2.10 bits per heavy atom. The van der Waals surface area contributed by atoms with Crippen LogP contribution in [-0.4, -0.2) is 41.4 Å². The second-order valence-electron chi connectivity index (χ2n) is 5.04. The second-order valence-corrected chi connectivity index (χ2v) is 5.41. The van der Waals surface area contributed by atoms with E-state index in [0.717, 1.165) is 25.9 Å². The van der Waals surface area contributed by atoms with Crippen molar-refractivity contribution in [3.63, 3.8) is 0 Å². The summed E-state index contributed by atoms with van der Waals surface area (Å²) in [5.41, 5.74) is 3.81. The summed E-state index contributed by atoms with van der Waals surface area (Å²) in [6.45, 7) is 2.02. The number of carbonyl (C=O) groups excluding carboxylic acids is 1. The van der Waals surface area contributed by atoms with Gasteiger partial charge in [-0.15, -0.1) is 11.6 Å². The topological polar surface area (TPSA) is 48.1 Å². The van der Waals surface area contributed by atoms with Crippen LogP contribution < -0.4 is 5.32 Å². The van der Waals surface area contributed by atoms with E-state index in [-0.39, 0.29) is 6.03 Å². The van der Waals surface area contributed by atoms with Crippen LogP contribution in [0, 0.1) is 0 Å². The van der Waals surface area contributed by atoms with Crippen molar-refractivity contribution in [3.8, 4) is 0 Å². The number of nitrogens with one attached hydrogen (secondary N) is 2. The van der Waals surface area contributed by atoms with Gasteiger partial charge in [0.1, 0.15) is 0 Å². The molecular formula is C15H18ClN3O. The average molecular weight is 292 g/mol. The molecule has 0 saturated carbocycles. The highest BCUT2D eigenvalue weighted by molar-refractivity contribution is 6.18. The number of amides is 2. The number of para-hydroxylation sites is 1. The van der Waals surface area contributed by atoms with E-state index in [9.17, 15) is 4.79 Å². The number of H-pyrrole nitrogens is 1. The van der Waals surface area contributed by atoms with Crippen LogP contribution in [0.25, 0.3) is 10.9 Å². The first kappa shape index (κ1) is 13.3. The zero-order valence-corrected chi connectivity index (χ0v) is 12.0. The third-order valence-corrected chi connectivity index (χ3v) is 4.01. The highest BCUT2D eigenvalue weighted by Gasteiger charge is 2.20. The fourth-order valence-electron chi connectivity index (χ4n) is 2.83. The zero-order chi connectivity index (χ0) is 13.9. The van der Waals surface area contributed by atoms with Crippen molar-refractivity contribution in [1.82, 2.24) is 15.2 Å². The molecule has 0 unspecified atom stereocenters. The minimum absolute atomic E-state index is 0.0138. The molecular weight excluding hydrogens is 274 g/mol. The molecule has 1 aliphatic rings. The van der Waals surface area contributed by atoms with Crippen molar-refractivity contribution >= 4 is 28.5 Å². The van der Waals surface area contributed by atoms with E-state index in [1.54, 1.807) is 0 Å². The summed E-state index contributed by atoms with van der Waals surface area (Å²) < 4.78 is 0. The van der Waals surface area contributed by atoms with E-state index in [1.807, 2.05) is 11.0 Å². The molecule has 0 bridgehead atoms. The van der Waals surface area contributed by atoms with Gasteiger partial charge in [0.25, 0.3) is 0 Å². The van der Waals surface area contributed by atoms with Gasteiger partial charge in [-0.25, -0.2) is 4.79 Å². The van der Waals surface area contributed by atoms with Gasteiger partial charge in [0, 0.05) is 48.5 Å². The Morgan fingerprint density at radius 1 is 1.30 bits per heavy atom. The quantitative estimate of drug-likeness (QED) is 0.821. The lowest BCUT2D eigenvalue weighted by Crippen LogP contribution is -2.42. The van der Waals surface area contributed by atoms with Gasteiger partial charge < -0.3 is 15.2 Å². The van der Waals surface area contributed by atoms with Gasteiger partial charge in [-0.3, -0.25) is 0 Å². The van der Waals surface area contributed by atoms with Crippen molar-refractivity contribution in [2.75, 3.05) is 25.5 Å². The van der Waals surface area contributed by atoms with Crippen LogP contribution >= 0.6 is 11.6 Å². The van der Waals surface area contributed by atoms with Gasteiger partial charge in [0.15, 0.2) is 0 Å². The van der Waals surface area contributed by atoms with Gasteiger partial charge in [0.05, 0.1) is 0 Å². The molecule has 4 nitrogen and oxygen atoms in total. The molecule has 1 aromatic heterocycles. The van der Waals surface area contributed by atoms with Gasteiger partial charge in [-0.05, 0) is 18.1 Å². The normalized spacial score (nSPS) is 14.9. The Balaban J connectivity index is 1.77. The first-order valence-corrected chi connectivity index (χ1v) is 7.50. The molecule has 1 aromatic carbocycles. The van der Waals surface area contributed by atoms with E-state index < -0.39 is 0 Å². The van der Waals surface area contributed by atoms with Crippen molar-refractivity contribution in [2.24, 2.45) is 0 Å². The first-order chi connectivity index (χ1) is 9.79. The summed E-state index contributed by atoms with van der Waals surface area (Å²) >= 11 is 5.60. The molecule has 3 rings (SSSR count). The number of rotatable bonds is 2. The monoisotopic (exact) mass is 291 g/mol. The molecule has 0 fully saturated rings. The van der Waals surface area contributed by atoms with E-state index in [2.05, 4.69) is 28.5 Å². The standard InChI is InChI=1S/C15H18ClN3O/c16-7-8-17-15(20)19-9-5-12-11-3-1-2-4-13(11)18-14(12)6-10-19/h1-4,18H,5-10H2,(H,17,20). The molecule has 2 N–H and O–H groups in total. The summed E-state index contributed by atoms with van der Waals surface area (Å²) in [7, 11) is 0. The molecule has 0 atom stereocenters. The van der Waals surface area contributed by atoms with Gasteiger partial charge >= 0.3 is 6.03 Å². The van der Waals surface area contributed by atoms with Gasteiger partial charge in [0.2, 0.25) is 0 Å². The molecule has 0 radical (unpaired) electrons. The van der Waals surface area contributed by atoms with Crippen molar-refractivity contribution < 1.29 is 4.79 Å². The number of hydrogen-bond acceptors (Lipinski definition) is 1. The van der Waals surface area contributed by atoms with Crippen molar-refractivity contribution in [3.05, 3.63) is 35.5 Å². The average Bonchev–Trinajstić information content (AvgIpc) is 2.69. The highest BCUT2D eigenvalue weighted by atomic mass is 35.5. The number of halogens is 1. The maximum atomic E-state index is 12.0. The van der Waals surface area contributed by atoms with E-state index in [4.69, 9.17) is 11.6 Å². The summed E-state index contributed by atoms with van der Waals surface area (Å²) in [6, 6.07) is 8.35. The van der Waals surface area contributed by atoms with Crippen molar-refractivity contribution in [1.29, 1.82) is 0 Å². The summed E-state index contributed by atoms with van der Waals surface area (Å²) in [6.07, 6.45) is 1.77. The predicted octanol–water partition coefficient (Wildman–Crippen LogP) is 2.52. The molecule has 0 saturated heterocycles. The number of nitrogens with zero attached hydrogens (tertiary/aromatic N) is 1. The number of fused-ring (bicyclic) bond motifs is 3. The van der Waals surface area contributed by atoms with Crippen molar-refractivity contribution in [2.45, 2.75) is 12.8 Å². The minimum Gasteiger partial charge on any atom is -0.358 e. The Hall–Kier alpha value is -1.68. The Bertz CT molecular complexity index is 623. The van der Waals surface area contributed by atoms with Crippen LogP contribution in [-0.2, 0) is 12.8 Å². The minimum atomic E-state index is -0.0138. The molecule has 2 amide bonds. The van der Waals surface area contributed by atoms with Gasteiger partial charge in [-0.2, -0.15) is 0 Å². The number of aromatic amines is 1. The van der Waals surface area contributed by atoms with Crippen LogP contribution in [0.3, 0.4) is 0 Å². The van der Waals surface area contributed by atoms with E-state index in [0.29, 0.717) is 12.4 Å². The predicted molar refractivity (Wildman–Crippen MR) is 81.4 cm³/mol. The van der Waals surface area contributed by atoms with Gasteiger partial charge in [-0.1, -0.05) is 18.2 Å². The number of aromatic nitrogens is 1. The number of alkyl halides is 1. The van der Waals surface area contributed by atoms with Crippen LogP contribution in [0.4, 0.5) is 4.79 Å². The Labute approximate surface area is 123 Å². The molecule has 5 heteroatoms. The lowest BCUT2D eigenvalue weighted by molar-refractivity contribution is 0.201. The third kappa shape index (κ3) is 2.48. The number of urea groups is 1. The fraction of sp³-hybridized carbons (Fsp3) is 0.400. The largest absolute Gasteiger partial charge is 0.358 e. The van der Waals surface area contributed by atoms with Crippen LogP contribution in [0.2, 0.25) is 0 Å². The number of hydrogen-bond donors (Lipinski definition) is 2. The smallest absolute Gasteiger partial charge is 0.317 e. The molecule has 2 aromatic rings. The molecule has 20 heavy (non-hydrogen) atoms. The maximum Gasteiger partial charge on any atom is 0.317 e. The zero-order valence-electron chi connectivity index (χ0n) is 11.3. The molecule has 0 spiro atoms. The summed E-state index contributed by atoms with van der Waals surface area (Å²) in [5.74, 6) is 0.448. The molecule has 1 aliphatic heterocycles. The summed E-state index contributed by atoms with van der Waals surface area (Å²) in [5, 5.41) is 4.11. The Morgan fingerprint density at radius 3 is 2.95 bits per heavy atom. The van der Waals surface area contributed by atoms with E-state index >= 15 is 0 Å². The third-order valence-electron chi connectivity index (χ3n) is 3.82. The fourth-order valence-corrected chi connectivity index (χ4v) is 2.92. The first-order valence-electron chi connectivity index (χ1n) is 6.97. The molecule has 2 heterocycles. The SMILES string of the molecule is O=C(NCCCl)N1CCc2[nH]c3ccccc3c2CC1. The lowest BCUT2D eigenvalue weighted by Gasteiger charge is -2.20. The molecule has 0 aliphatic carbocycles. The van der Waals surface area contributed by atoms with Crippen LogP contribution in [0.15, 0.2) is 24.3 Å². The Kier molecular flexibility index (Phi) is 3.83. The van der Waals surface area contributed by atoms with Crippen LogP contribution in [0.5, 0.6) is 0 Å². The lowest BCUT2D eigenvalue weighted by atomic mass is 10.1. The summed E-state index contributed by atoms with van der Waals surface area (Å²) in [4.78, 5) is 17.3. The molecule has 106 valence electrons.